The molecule has 88 valence electrons. The van der Waals surface area contributed by atoms with Gasteiger partial charge in [0, 0.05) is 13.1 Å². The first kappa shape index (κ1) is 12.4. The van der Waals surface area contributed by atoms with Gasteiger partial charge in [-0.2, -0.15) is 0 Å². The third-order valence-electron chi connectivity index (χ3n) is 2.17. The van der Waals surface area contributed by atoms with Gasteiger partial charge in [-0.05, 0) is 30.5 Å². The lowest BCUT2D eigenvalue weighted by Crippen LogP contribution is -2.36. The number of hydrogen-bond donors (Lipinski definition) is 3. The van der Waals surface area contributed by atoms with Crippen molar-refractivity contribution in [2.75, 3.05) is 13.1 Å². The largest absolute Gasteiger partial charge is 0.508 e. The molecule has 1 aromatic carbocycles. The lowest BCUT2D eigenvalue weighted by Gasteiger charge is -2.06. The topological polar surface area (TPSA) is 61.4 Å². The average Bonchev–Trinajstić information content (AvgIpc) is 2.29. The smallest absolute Gasteiger partial charge is 0.314 e. The van der Waals surface area contributed by atoms with Gasteiger partial charge in [-0.15, -0.1) is 0 Å². The summed E-state index contributed by atoms with van der Waals surface area (Å²) in [6.45, 7) is 3.31. The molecule has 4 heteroatoms. The molecule has 0 aromatic heterocycles. The van der Waals surface area contributed by atoms with Crippen LogP contribution in [-0.4, -0.2) is 24.2 Å². The highest BCUT2D eigenvalue weighted by Gasteiger charge is 1.98. The summed E-state index contributed by atoms with van der Waals surface area (Å²) < 4.78 is 0. The van der Waals surface area contributed by atoms with Crippen molar-refractivity contribution < 1.29 is 9.90 Å². The van der Waals surface area contributed by atoms with Crippen molar-refractivity contribution in [3.8, 4) is 5.75 Å². The van der Waals surface area contributed by atoms with E-state index < -0.39 is 0 Å². The van der Waals surface area contributed by atoms with Crippen LogP contribution >= 0.6 is 0 Å². The van der Waals surface area contributed by atoms with Crippen molar-refractivity contribution in [3.63, 3.8) is 0 Å². The second-order valence-electron chi connectivity index (χ2n) is 3.60. The Balaban J connectivity index is 2.20. The Morgan fingerprint density at radius 3 is 2.44 bits per heavy atom. The normalized spacial score (nSPS) is 9.81. The number of urea groups is 1. The fourth-order valence-corrected chi connectivity index (χ4v) is 1.28. The first-order valence-electron chi connectivity index (χ1n) is 5.52. The molecule has 3 N–H and O–H groups in total. The molecular weight excluding hydrogens is 204 g/mol. The molecule has 0 fully saturated rings. The number of carbonyl (C=O) groups is 1. The Morgan fingerprint density at radius 2 is 1.81 bits per heavy atom. The molecule has 0 unspecified atom stereocenters. The number of rotatable bonds is 5. The highest BCUT2D eigenvalue weighted by molar-refractivity contribution is 5.73. The van der Waals surface area contributed by atoms with Gasteiger partial charge in [-0.1, -0.05) is 19.1 Å². The highest BCUT2D eigenvalue weighted by atomic mass is 16.3. The number of phenols is 1. The summed E-state index contributed by atoms with van der Waals surface area (Å²) in [5.41, 5.74) is 1.09. The van der Waals surface area contributed by atoms with Crippen molar-refractivity contribution in [3.05, 3.63) is 29.8 Å². The fraction of sp³-hybridized carbons (Fsp3) is 0.417. The first-order chi connectivity index (χ1) is 7.72. The van der Waals surface area contributed by atoms with E-state index in [2.05, 4.69) is 10.6 Å². The molecule has 0 heterocycles. The maximum absolute atomic E-state index is 11.2. The van der Waals surface area contributed by atoms with E-state index in [1.165, 1.54) is 0 Å². The Hall–Kier alpha value is -1.71. The van der Waals surface area contributed by atoms with Gasteiger partial charge in [0.1, 0.15) is 5.75 Å². The van der Waals surface area contributed by atoms with E-state index in [9.17, 15) is 4.79 Å². The lowest BCUT2D eigenvalue weighted by atomic mass is 10.1. The summed E-state index contributed by atoms with van der Waals surface area (Å²) in [5, 5.41) is 14.6. The zero-order valence-corrected chi connectivity index (χ0v) is 9.49. The molecule has 0 atom stereocenters. The molecule has 0 bridgehead atoms. The van der Waals surface area contributed by atoms with Crippen LogP contribution < -0.4 is 10.6 Å². The standard InChI is InChI=1S/C12H18N2O2/c1-2-8-13-12(16)14-9-7-10-3-5-11(15)6-4-10/h3-6,15H,2,7-9H2,1H3,(H2,13,14,16). The van der Waals surface area contributed by atoms with Crippen LogP contribution in [0.1, 0.15) is 18.9 Å². The first-order valence-corrected chi connectivity index (χ1v) is 5.52. The van der Waals surface area contributed by atoms with Gasteiger partial charge in [-0.25, -0.2) is 4.79 Å². The van der Waals surface area contributed by atoms with Crippen LogP contribution in [0.3, 0.4) is 0 Å². The van der Waals surface area contributed by atoms with Gasteiger partial charge in [-0.3, -0.25) is 0 Å². The van der Waals surface area contributed by atoms with Crippen LogP contribution in [0.5, 0.6) is 5.75 Å². The molecule has 0 aliphatic rings. The van der Waals surface area contributed by atoms with Crippen LogP contribution in [-0.2, 0) is 6.42 Å². The molecule has 1 aromatic rings. The summed E-state index contributed by atoms with van der Waals surface area (Å²) in [7, 11) is 0. The van der Waals surface area contributed by atoms with E-state index in [1.807, 2.05) is 19.1 Å². The number of carbonyl (C=O) groups excluding carboxylic acids is 1. The minimum Gasteiger partial charge on any atom is -0.508 e. The molecule has 16 heavy (non-hydrogen) atoms. The SMILES string of the molecule is CCCNC(=O)NCCc1ccc(O)cc1. The van der Waals surface area contributed by atoms with Crippen LogP contribution in [0, 0.1) is 0 Å². The van der Waals surface area contributed by atoms with E-state index in [1.54, 1.807) is 12.1 Å². The summed E-state index contributed by atoms with van der Waals surface area (Å²) in [6, 6.07) is 6.86. The molecule has 0 spiro atoms. The summed E-state index contributed by atoms with van der Waals surface area (Å²) in [5.74, 6) is 0.261. The number of amides is 2. The van der Waals surface area contributed by atoms with Gasteiger partial charge in [0.05, 0.1) is 0 Å². The highest BCUT2D eigenvalue weighted by Crippen LogP contribution is 2.09. The molecule has 0 saturated heterocycles. The molecule has 0 aliphatic carbocycles. The number of benzene rings is 1. The van der Waals surface area contributed by atoms with Gasteiger partial charge < -0.3 is 15.7 Å². The van der Waals surface area contributed by atoms with E-state index in [4.69, 9.17) is 5.11 Å². The molecule has 1 rings (SSSR count). The summed E-state index contributed by atoms with van der Waals surface area (Å²) >= 11 is 0. The van der Waals surface area contributed by atoms with Gasteiger partial charge in [0.2, 0.25) is 0 Å². The van der Waals surface area contributed by atoms with Crippen molar-refractivity contribution in [2.45, 2.75) is 19.8 Å². The Bertz CT molecular complexity index is 322. The Morgan fingerprint density at radius 1 is 1.19 bits per heavy atom. The van der Waals surface area contributed by atoms with Crippen LogP contribution in [0.25, 0.3) is 0 Å². The zero-order chi connectivity index (χ0) is 11.8. The minimum absolute atomic E-state index is 0.124. The second kappa shape index (κ2) is 6.71. The van der Waals surface area contributed by atoms with E-state index in [0.717, 1.165) is 18.4 Å². The van der Waals surface area contributed by atoms with Gasteiger partial charge in [0.25, 0.3) is 0 Å². The monoisotopic (exact) mass is 222 g/mol. The number of hydrogen-bond acceptors (Lipinski definition) is 2. The quantitative estimate of drug-likeness (QED) is 0.709. The summed E-state index contributed by atoms with van der Waals surface area (Å²) in [4.78, 5) is 11.2. The van der Waals surface area contributed by atoms with Crippen molar-refractivity contribution in [1.29, 1.82) is 0 Å². The molecule has 4 nitrogen and oxygen atoms in total. The average molecular weight is 222 g/mol. The van der Waals surface area contributed by atoms with E-state index in [-0.39, 0.29) is 11.8 Å². The molecule has 0 radical (unpaired) electrons. The molecule has 0 aliphatic heterocycles. The predicted octanol–water partition coefficient (Wildman–Crippen LogP) is 1.64. The van der Waals surface area contributed by atoms with Gasteiger partial charge in [0.15, 0.2) is 0 Å². The molecule has 0 saturated carbocycles. The number of nitrogens with one attached hydrogen (secondary N) is 2. The molecular formula is C12H18N2O2. The lowest BCUT2D eigenvalue weighted by molar-refractivity contribution is 0.241. The van der Waals surface area contributed by atoms with E-state index >= 15 is 0 Å². The summed E-state index contributed by atoms with van der Waals surface area (Å²) in [6.07, 6.45) is 1.70. The maximum atomic E-state index is 11.2. The fourth-order valence-electron chi connectivity index (χ4n) is 1.28. The Labute approximate surface area is 95.7 Å². The van der Waals surface area contributed by atoms with Crippen molar-refractivity contribution in [1.82, 2.24) is 10.6 Å². The number of phenolic OH excluding ortho intramolecular Hbond substituents is 1. The number of aromatic hydroxyl groups is 1. The molecule has 2 amide bonds. The predicted molar refractivity (Wildman–Crippen MR) is 63.5 cm³/mol. The zero-order valence-electron chi connectivity index (χ0n) is 9.49. The minimum atomic E-state index is -0.124. The maximum Gasteiger partial charge on any atom is 0.314 e. The third kappa shape index (κ3) is 4.68. The van der Waals surface area contributed by atoms with Gasteiger partial charge >= 0.3 is 6.03 Å². The van der Waals surface area contributed by atoms with E-state index in [0.29, 0.717) is 13.1 Å². The van der Waals surface area contributed by atoms with Crippen molar-refractivity contribution in [2.24, 2.45) is 0 Å². The van der Waals surface area contributed by atoms with Crippen LogP contribution in [0.15, 0.2) is 24.3 Å². The van der Waals surface area contributed by atoms with Crippen molar-refractivity contribution >= 4 is 6.03 Å². The third-order valence-corrected chi connectivity index (χ3v) is 2.17. The van der Waals surface area contributed by atoms with Crippen LogP contribution in [0.4, 0.5) is 4.79 Å². The van der Waals surface area contributed by atoms with Crippen LogP contribution in [0.2, 0.25) is 0 Å². The second-order valence-corrected chi connectivity index (χ2v) is 3.60. The Kier molecular flexibility index (Phi) is 5.19.